The zero-order valence-corrected chi connectivity index (χ0v) is 18.8. The van der Waals surface area contributed by atoms with Gasteiger partial charge in [0.15, 0.2) is 15.6 Å². The summed E-state index contributed by atoms with van der Waals surface area (Å²) >= 11 is 18.8. The summed E-state index contributed by atoms with van der Waals surface area (Å²) in [5.74, 6) is -0.0801. The van der Waals surface area contributed by atoms with Crippen molar-refractivity contribution in [1.29, 1.82) is 0 Å². The molecule has 0 aliphatic carbocycles. The lowest BCUT2D eigenvalue weighted by atomic mass is 10.1. The van der Waals surface area contributed by atoms with E-state index in [4.69, 9.17) is 39.5 Å². The Morgan fingerprint density at radius 2 is 1.79 bits per heavy atom. The van der Waals surface area contributed by atoms with E-state index < -0.39 is 15.9 Å². The molecule has 0 N–H and O–H groups in total. The number of sulfone groups is 1. The minimum Gasteiger partial charge on any atom is -0.491 e. The molecule has 0 unspecified atom stereocenters. The number of hydrogen-bond acceptors (Lipinski definition) is 4. The van der Waals surface area contributed by atoms with Gasteiger partial charge in [-0.15, -0.1) is 0 Å². The number of nitrogens with zero attached hydrogens (tertiary/aromatic N) is 1. The van der Waals surface area contributed by atoms with Gasteiger partial charge in [0.25, 0.3) is 5.91 Å². The summed E-state index contributed by atoms with van der Waals surface area (Å²) < 4.78 is 29.5. The lowest BCUT2D eigenvalue weighted by molar-refractivity contribution is 0.0681. The van der Waals surface area contributed by atoms with Gasteiger partial charge in [-0.2, -0.15) is 0 Å². The van der Waals surface area contributed by atoms with Crippen LogP contribution in [-0.4, -0.2) is 43.4 Å². The van der Waals surface area contributed by atoms with Crippen molar-refractivity contribution in [3.05, 3.63) is 62.6 Å². The quantitative estimate of drug-likeness (QED) is 0.596. The van der Waals surface area contributed by atoms with Gasteiger partial charge in [0.2, 0.25) is 0 Å². The molecule has 1 saturated heterocycles. The van der Waals surface area contributed by atoms with E-state index in [0.29, 0.717) is 23.8 Å². The predicted molar refractivity (Wildman–Crippen MR) is 116 cm³/mol. The lowest BCUT2D eigenvalue weighted by Gasteiger charge is -2.29. The van der Waals surface area contributed by atoms with Gasteiger partial charge >= 0.3 is 0 Å². The Labute approximate surface area is 185 Å². The first-order valence-electron chi connectivity index (χ1n) is 9.08. The fourth-order valence-electron chi connectivity index (χ4n) is 3.33. The van der Waals surface area contributed by atoms with E-state index in [2.05, 4.69) is 0 Å². The molecule has 2 aromatic rings. The summed E-state index contributed by atoms with van der Waals surface area (Å²) in [6.45, 7) is 2.37. The zero-order valence-electron chi connectivity index (χ0n) is 15.7. The van der Waals surface area contributed by atoms with Crippen LogP contribution in [0.5, 0.6) is 5.75 Å². The van der Waals surface area contributed by atoms with Gasteiger partial charge in [-0.1, -0.05) is 53.0 Å². The number of carbonyl (C=O) groups excluding carboxylic acids is 1. The van der Waals surface area contributed by atoms with Crippen molar-refractivity contribution in [2.45, 2.75) is 25.9 Å². The molecule has 3 rings (SSSR count). The van der Waals surface area contributed by atoms with Crippen LogP contribution in [0.25, 0.3) is 0 Å². The second-order valence-corrected chi connectivity index (χ2v) is 10.2. The largest absolute Gasteiger partial charge is 0.491 e. The molecule has 0 bridgehead atoms. The predicted octanol–water partition coefficient (Wildman–Crippen LogP) is 4.88. The lowest BCUT2D eigenvalue weighted by Crippen LogP contribution is -2.40. The van der Waals surface area contributed by atoms with Crippen LogP contribution in [0, 0.1) is 0 Å². The average Bonchev–Trinajstić information content (AvgIpc) is 3.03. The van der Waals surface area contributed by atoms with E-state index in [1.807, 2.05) is 12.1 Å². The highest BCUT2D eigenvalue weighted by Crippen LogP contribution is 2.35. The highest BCUT2D eigenvalue weighted by Gasteiger charge is 2.35. The molecule has 1 amide bonds. The number of hydrogen-bond donors (Lipinski definition) is 0. The van der Waals surface area contributed by atoms with Crippen molar-refractivity contribution in [3.63, 3.8) is 0 Å². The molecule has 1 heterocycles. The number of ether oxygens (including phenoxy) is 1. The zero-order chi connectivity index (χ0) is 21.2. The molecular weight excluding hydrogens is 457 g/mol. The third-order valence-corrected chi connectivity index (χ3v) is 7.42. The van der Waals surface area contributed by atoms with Crippen LogP contribution in [-0.2, 0) is 16.4 Å². The number of carbonyl (C=O) groups is 1. The van der Waals surface area contributed by atoms with Crippen molar-refractivity contribution < 1.29 is 17.9 Å². The standard InChI is InChI=1S/C20H20Cl3NO4S/c1-2-28-19-17(22)9-14(10-18(19)23)20(25)24(15-7-8-29(26,27)12-15)11-13-5-3-4-6-16(13)21/h3-6,9-10,15H,2,7-8,11-12H2,1H3/t15-/m0/s1. The highest BCUT2D eigenvalue weighted by atomic mass is 35.5. The van der Waals surface area contributed by atoms with Gasteiger partial charge in [0.05, 0.1) is 28.2 Å². The van der Waals surface area contributed by atoms with E-state index in [1.165, 1.54) is 17.0 Å². The smallest absolute Gasteiger partial charge is 0.254 e. The fourth-order valence-corrected chi connectivity index (χ4v) is 5.85. The van der Waals surface area contributed by atoms with Crippen molar-refractivity contribution in [3.8, 4) is 5.75 Å². The highest BCUT2D eigenvalue weighted by molar-refractivity contribution is 7.91. The summed E-state index contributed by atoms with van der Waals surface area (Å²) in [7, 11) is -3.19. The Bertz CT molecular complexity index is 1000. The van der Waals surface area contributed by atoms with E-state index in [0.717, 1.165) is 5.56 Å². The molecule has 0 saturated carbocycles. The maximum absolute atomic E-state index is 13.4. The average molecular weight is 477 g/mol. The van der Waals surface area contributed by atoms with Crippen LogP contribution in [0.2, 0.25) is 15.1 Å². The number of benzene rings is 2. The Kier molecular flexibility index (Phi) is 6.99. The number of halogens is 3. The van der Waals surface area contributed by atoms with Crippen LogP contribution in [0.1, 0.15) is 29.3 Å². The van der Waals surface area contributed by atoms with Crippen molar-refractivity contribution in [2.75, 3.05) is 18.1 Å². The first-order chi connectivity index (χ1) is 13.7. The molecule has 1 fully saturated rings. The molecule has 1 aliphatic heterocycles. The summed E-state index contributed by atoms with van der Waals surface area (Å²) in [5.41, 5.74) is 0.995. The fraction of sp³-hybridized carbons (Fsp3) is 0.350. The Hall–Kier alpha value is -1.47. The third kappa shape index (κ3) is 5.18. The summed E-state index contributed by atoms with van der Waals surface area (Å²) in [4.78, 5) is 14.9. The van der Waals surface area contributed by atoms with Gasteiger partial charge < -0.3 is 9.64 Å². The molecule has 0 spiro atoms. The molecule has 0 aromatic heterocycles. The molecule has 1 aliphatic rings. The van der Waals surface area contributed by atoms with Crippen LogP contribution >= 0.6 is 34.8 Å². The van der Waals surface area contributed by atoms with Gasteiger partial charge in [0.1, 0.15) is 0 Å². The third-order valence-electron chi connectivity index (χ3n) is 4.74. The Morgan fingerprint density at radius 3 is 2.34 bits per heavy atom. The molecule has 0 radical (unpaired) electrons. The van der Waals surface area contributed by atoms with Gasteiger partial charge in [-0.25, -0.2) is 8.42 Å². The summed E-state index contributed by atoms with van der Waals surface area (Å²) in [6.07, 6.45) is 0.372. The van der Waals surface area contributed by atoms with Crippen molar-refractivity contribution in [1.82, 2.24) is 4.90 Å². The van der Waals surface area contributed by atoms with E-state index in [-0.39, 0.29) is 39.6 Å². The van der Waals surface area contributed by atoms with E-state index in [1.54, 1.807) is 19.1 Å². The van der Waals surface area contributed by atoms with Crippen LogP contribution in [0.15, 0.2) is 36.4 Å². The summed E-state index contributed by atoms with van der Waals surface area (Å²) in [6, 6.07) is 9.69. The summed E-state index contributed by atoms with van der Waals surface area (Å²) in [5, 5.41) is 0.952. The molecule has 1 atom stereocenters. The van der Waals surface area contributed by atoms with Crippen LogP contribution < -0.4 is 4.74 Å². The molecule has 156 valence electrons. The number of rotatable bonds is 6. The van der Waals surface area contributed by atoms with Crippen molar-refractivity contribution >= 4 is 50.5 Å². The molecular formula is C20H20Cl3NO4S. The van der Waals surface area contributed by atoms with Gasteiger partial charge in [-0.05, 0) is 37.1 Å². The number of amides is 1. The van der Waals surface area contributed by atoms with Gasteiger partial charge in [-0.3, -0.25) is 4.79 Å². The molecule has 9 heteroatoms. The Morgan fingerprint density at radius 1 is 1.14 bits per heavy atom. The molecule has 2 aromatic carbocycles. The first kappa shape index (κ1) is 22.2. The monoisotopic (exact) mass is 475 g/mol. The Balaban J connectivity index is 1.97. The van der Waals surface area contributed by atoms with E-state index in [9.17, 15) is 13.2 Å². The maximum Gasteiger partial charge on any atom is 0.254 e. The first-order valence-corrected chi connectivity index (χ1v) is 12.0. The SMILES string of the molecule is CCOc1c(Cl)cc(C(=O)N(Cc2ccccc2Cl)[C@H]2CCS(=O)(=O)C2)cc1Cl. The molecule has 29 heavy (non-hydrogen) atoms. The normalized spacial score (nSPS) is 17.9. The minimum atomic E-state index is -3.19. The van der Waals surface area contributed by atoms with E-state index >= 15 is 0 Å². The topological polar surface area (TPSA) is 63.7 Å². The van der Waals surface area contributed by atoms with Crippen LogP contribution in [0.4, 0.5) is 0 Å². The van der Waals surface area contributed by atoms with Gasteiger partial charge in [0, 0.05) is 23.2 Å². The van der Waals surface area contributed by atoms with Crippen molar-refractivity contribution in [2.24, 2.45) is 0 Å². The van der Waals surface area contributed by atoms with Crippen LogP contribution in [0.3, 0.4) is 0 Å². The second kappa shape index (κ2) is 9.13. The molecule has 5 nitrogen and oxygen atoms in total. The second-order valence-electron chi connectivity index (χ2n) is 6.78. The minimum absolute atomic E-state index is 0.0504. The maximum atomic E-state index is 13.4.